The first-order chi connectivity index (χ1) is 5.24. The van der Waals surface area contributed by atoms with Crippen LogP contribution < -0.4 is 5.73 Å². The van der Waals surface area contributed by atoms with E-state index >= 15 is 0 Å². The number of nitrogens with zero attached hydrogens (tertiary/aromatic N) is 2. The van der Waals surface area contributed by atoms with Gasteiger partial charge in [-0.25, -0.2) is 0 Å². The summed E-state index contributed by atoms with van der Waals surface area (Å²) in [5, 5.41) is 8.53. The lowest BCUT2D eigenvalue weighted by molar-refractivity contribution is 0.780. The summed E-state index contributed by atoms with van der Waals surface area (Å²) in [6, 6.07) is 5.28. The number of nitriles is 1. The van der Waals surface area contributed by atoms with E-state index in [2.05, 4.69) is 4.98 Å². The maximum atomic E-state index is 8.53. The van der Waals surface area contributed by atoms with E-state index in [9.17, 15) is 0 Å². The lowest BCUT2D eigenvalue weighted by Crippen LogP contribution is -2.06. The molecule has 0 fully saturated rings. The van der Waals surface area contributed by atoms with Gasteiger partial charge in [0.25, 0.3) is 0 Å². The summed E-state index contributed by atoms with van der Waals surface area (Å²) < 4.78 is 0. The van der Waals surface area contributed by atoms with Crippen molar-refractivity contribution < 1.29 is 0 Å². The number of rotatable bonds is 1. The molecule has 1 rings (SSSR count). The highest BCUT2D eigenvalue weighted by atomic mass is 14.7. The van der Waals surface area contributed by atoms with Crippen LogP contribution in [0.4, 0.5) is 0 Å². The molecule has 3 nitrogen and oxygen atoms in total. The van der Waals surface area contributed by atoms with Crippen LogP contribution in [0.3, 0.4) is 0 Å². The summed E-state index contributed by atoms with van der Waals surface area (Å²) in [6.07, 6.45) is 1.59. The highest BCUT2D eigenvalue weighted by Gasteiger charge is 2.00. The molecule has 3 heteroatoms. The van der Waals surface area contributed by atoms with Crippen LogP contribution in [0.2, 0.25) is 0 Å². The molecule has 0 aliphatic rings. The average molecular weight is 147 g/mol. The van der Waals surface area contributed by atoms with E-state index < -0.39 is 0 Å². The van der Waals surface area contributed by atoms with Crippen molar-refractivity contribution in [2.75, 3.05) is 0 Å². The van der Waals surface area contributed by atoms with Crippen LogP contribution in [0.1, 0.15) is 24.2 Å². The van der Waals surface area contributed by atoms with Gasteiger partial charge in [0.15, 0.2) is 0 Å². The van der Waals surface area contributed by atoms with Gasteiger partial charge >= 0.3 is 0 Å². The number of pyridine rings is 1. The summed E-state index contributed by atoms with van der Waals surface area (Å²) in [4.78, 5) is 4.01. The molecule has 0 amide bonds. The largest absolute Gasteiger partial charge is 0.323 e. The van der Waals surface area contributed by atoms with Crippen molar-refractivity contribution in [3.63, 3.8) is 0 Å². The molecule has 1 heterocycles. The Hall–Kier alpha value is -1.40. The van der Waals surface area contributed by atoms with Gasteiger partial charge in [0.2, 0.25) is 0 Å². The summed E-state index contributed by atoms with van der Waals surface area (Å²) in [5.41, 5.74) is 6.92. The molecule has 2 N–H and O–H groups in total. The van der Waals surface area contributed by atoms with Gasteiger partial charge in [0.1, 0.15) is 0 Å². The Bertz CT molecular complexity index is 286. The molecule has 0 bridgehead atoms. The molecule has 0 aromatic carbocycles. The van der Waals surface area contributed by atoms with Crippen molar-refractivity contribution in [2.24, 2.45) is 5.73 Å². The fraction of sp³-hybridized carbons (Fsp3) is 0.250. The molecule has 0 saturated heterocycles. The molecule has 0 spiro atoms. The second-order valence-electron chi connectivity index (χ2n) is 2.37. The highest BCUT2D eigenvalue weighted by Crippen LogP contribution is 2.06. The van der Waals surface area contributed by atoms with Crippen molar-refractivity contribution in [3.05, 3.63) is 29.6 Å². The van der Waals surface area contributed by atoms with E-state index in [0.717, 1.165) is 5.69 Å². The third-order valence-electron chi connectivity index (χ3n) is 1.38. The molecule has 56 valence electrons. The normalized spacial score (nSPS) is 12.1. The Balaban J connectivity index is 3.03. The molecule has 0 radical (unpaired) electrons. The van der Waals surface area contributed by atoms with Gasteiger partial charge in [-0.3, -0.25) is 4.98 Å². The zero-order valence-electron chi connectivity index (χ0n) is 6.28. The van der Waals surface area contributed by atoms with Gasteiger partial charge in [-0.1, -0.05) is 0 Å². The van der Waals surface area contributed by atoms with Crippen molar-refractivity contribution in [1.82, 2.24) is 4.98 Å². The molecule has 1 aromatic rings. The van der Waals surface area contributed by atoms with Gasteiger partial charge in [0.05, 0.1) is 17.3 Å². The molecular weight excluding hydrogens is 138 g/mol. The van der Waals surface area contributed by atoms with Crippen LogP contribution in [0.25, 0.3) is 0 Å². The second kappa shape index (κ2) is 3.13. The van der Waals surface area contributed by atoms with Crippen LogP contribution in [-0.2, 0) is 0 Å². The lowest BCUT2D eigenvalue weighted by Gasteiger charge is -2.02. The zero-order chi connectivity index (χ0) is 8.27. The smallest absolute Gasteiger partial charge is 0.0992 e. The molecule has 0 saturated carbocycles. The van der Waals surface area contributed by atoms with Gasteiger partial charge in [-0.15, -0.1) is 0 Å². The molecule has 1 atom stereocenters. The maximum Gasteiger partial charge on any atom is 0.0992 e. The second-order valence-corrected chi connectivity index (χ2v) is 2.37. The summed E-state index contributed by atoms with van der Waals surface area (Å²) in [7, 11) is 0. The van der Waals surface area contributed by atoms with Crippen molar-refractivity contribution in [2.45, 2.75) is 13.0 Å². The minimum absolute atomic E-state index is 0.108. The molecule has 0 aliphatic carbocycles. The van der Waals surface area contributed by atoms with Gasteiger partial charge in [0, 0.05) is 12.2 Å². The van der Waals surface area contributed by atoms with Crippen LogP contribution in [0, 0.1) is 11.3 Å². The Labute approximate surface area is 65.5 Å². The van der Waals surface area contributed by atoms with Crippen molar-refractivity contribution in [1.29, 1.82) is 5.26 Å². The number of nitrogens with two attached hydrogens (primary N) is 1. The predicted octanol–water partition coefficient (Wildman–Crippen LogP) is 0.973. The van der Waals surface area contributed by atoms with Crippen LogP contribution >= 0.6 is 0 Å². The Morgan fingerprint density at radius 2 is 2.45 bits per heavy atom. The highest BCUT2D eigenvalue weighted by molar-refractivity contribution is 5.29. The molecule has 11 heavy (non-hydrogen) atoms. The van der Waals surface area contributed by atoms with Crippen LogP contribution in [0.15, 0.2) is 18.3 Å². The van der Waals surface area contributed by atoms with Gasteiger partial charge in [-0.05, 0) is 19.1 Å². The molecule has 0 unspecified atom stereocenters. The standard InChI is InChI=1S/C8H9N3/c1-6(10)8-4-7(5-9)2-3-11-8/h2-4,6H,10H2,1H3/t6-/m0/s1. The van der Waals surface area contributed by atoms with Crippen molar-refractivity contribution in [3.8, 4) is 6.07 Å². The Morgan fingerprint density at radius 3 is 3.00 bits per heavy atom. The first-order valence-corrected chi connectivity index (χ1v) is 3.35. The van der Waals surface area contributed by atoms with Gasteiger partial charge in [-0.2, -0.15) is 5.26 Å². The Kier molecular flexibility index (Phi) is 2.19. The zero-order valence-corrected chi connectivity index (χ0v) is 6.28. The fourth-order valence-electron chi connectivity index (χ4n) is 0.767. The maximum absolute atomic E-state index is 8.53. The van der Waals surface area contributed by atoms with E-state index in [1.54, 1.807) is 18.3 Å². The SMILES string of the molecule is C[C@H](N)c1cc(C#N)ccn1. The molecular formula is C8H9N3. The molecule has 1 aromatic heterocycles. The fourth-order valence-corrected chi connectivity index (χ4v) is 0.767. The van der Waals surface area contributed by atoms with Crippen molar-refractivity contribution >= 4 is 0 Å². The monoisotopic (exact) mass is 147 g/mol. The molecule has 0 aliphatic heterocycles. The first kappa shape index (κ1) is 7.70. The summed E-state index contributed by atoms with van der Waals surface area (Å²) in [5.74, 6) is 0. The quantitative estimate of drug-likeness (QED) is 0.643. The average Bonchev–Trinajstić information content (AvgIpc) is 2.05. The van der Waals surface area contributed by atoms with E-state index in [0.29, 0.717) is 5.56 Å². The first-order valence-electron chi connectivity index (χ1n) is 3.35. The van der Waals surface area contributed by atoms with E-state index in [-0.39, 0.29) is 6.04 Å². The Morgan fingerprint density at radius 1 is 1.73 bits per heavy atom. The van der Waals surface area contributed by atoms with Crippen LogP contribution in [-0.4, -0.2) is 4.98 Å². The third kappa shape index (κ3) is 1.76. The number of aromatic nitrogens is 1. The summed E-state index contributed by atoms with van der Waals surface area (Å²) >= 11 is 0. The topological polar surface area (TPSA) is 62.7 Å². The lowest BCUT2D eigenvalue weighted by atomic mass is 10.2. The number of hydrogen-bond donors (Lipinski definition) is 1. The van der Waals surface area contributed by atoms with E-state index in [1.165, 1.54) is 0 Å². The third-order valence-corrected chi connectivity index (χ3v) is 1.38. The summed E-state index contributed by atoms with van der Waals surface area (Å²) in [6.45, 7) is 1.84. The van der Waals surface area contributed by atoms with E-state index in [1.807, 2.05) is 13.0 Å². The minimum Gasteiger partial charge on any atom is -0.323 e. The predicted molar refractivity (Wildman–Crippen MR) is 41.6 cm³/mol. The number of hydrogen-bond acceptors (Lipinski definition) is 3. The minimum atomic E-state index is -0.108. The van der Waals surface area contributed by atoms with Crippen LogP contribution in [0.5, 0.6) is 0 Å². The van der Waals surface area contributed by atoms with Gasteiger partial charge < -0.3 is 5.73 Å². The van der Waals surface area contributed by atoms with E-state index in [4.69, 9.17) is 11.0 Å².